The van der Waals surface area contributed by atoms with E-state index >= 15 is 0 Å². The largest absolute Gasteiger partial charge is 0.468 e. The number of hydrogen-bond acceptors (Lipinski definition) is 4. The van der Waals surface area contributed by atoms with Crippen LogP contribution in [-0.4, -0.2) is 38.4 Å². The van der Waals surface area contributed by atoms with E-state index in [0.717, 1.165) is 25.5 Å². The van der Waals surface area contributed by atoms with Crippen LogP contribution < -0.4 is 5.32 Å². The Bertz CT molecular complexity index is 241. The van der Waals surface area contributed by atoms with Gasteiger partial charge in [0.15, 0.2) is 0 Å². The van der Waals surface area contributed by atoms with Crippen LogP contribution in [-0.2, 0) is 14.3 Å². The summed E-state index contributed by atoms with van der Waals surface area (Å²) >= 11 is 0. The van der Waals surface area contributed by atoms with Crippen LogP contribution in [0.4, 0.5) is 0 Å². The summed E-state index contributed by atoms with van der Waals surface area (Å²) in [7, 11) is 1.43. The van der Waals surface area contributed by atoms with Crippen molar-refractivity contribution in [2.24, 2.45) is 5.92 Å². The normalized spacial score (nSPS) is 18.8. The van der Waals surface area contributed by atoms with Gasteiger partial charge in [-0.1, -0.05) is 6.92 Å². The Kier molecular flexibility index (Phi) is 5.92. The molecule has 1 fully saturated rings. The number of hydrogen-bond donors (Lipinski definition) is 1. The molecular weight excluding hydrogens is 218 g/mol. The highest BCUT2D eigenvalue weighted by molar-refractivity contribution is 5.80. The van der Waals surface area contributed by atoms with E-state index in [2.05, 4.69) is 12.2 Å². The lowest BCUT2D eigenvalue weighted by molar-refractivity contribution is -0.148. The lowest BCUT2D eigenvalue weighted by Gasteiger charge is -2.27. The van der Waals surface area contributed by atoms with Gasteiger partial charge >= 0.3 is 5.97 Å². The zero-order valence-electron chi connectivity index (χ0n) is 11.3. The van der Waals surface area contributed by atoms with Gasteiger partial charge in [-0.15, -0.1) is 0 Å². The van der Waals surface area contributed by atoms with Crippen LogP contribution in [0, 0.1) is 5.92 Å². The van der Waals surface area contributed by atoms with E-state index in [1.54, 1.807) is 0 Å². The molecule has 4 nitrogen and oxygen atoms in total. The van der Waals surface area contributed by atoms with Gasteiger partial charge in [0.1, 0.15) is 5.54 Å². The highest BCUT2D eigenvalue weighted by Gasteiger charge is 2.33. The molecule has 0 aromatic rings. The van der Waals surface area contributed by atoms with Crippen molar-refractivity contribution < 1.29 is 14.3 Å². The van der Waals surface area contributed by atoms with Crippen LogP contribution in [0.2, 0.25) is 0 Å². The second kappa shape index (κ2) is 6.97. The van der Waals surface area contributed by atoms with Gasteiger partial charge in [0.2, 0.25) is 0 Å². The molecule has 1 aliphatic carbocycles. The molecule has 0 aromatic carbocycles. The number of rotatable bonds is 9. The molecule has 1 saturated carbocycles. The molecule has 0 aromatic heterocycles. The van der Waals surface area contributed by atoms with Crippen LogP contribution in [0.15, 0.2) is 0 Å². The Balaban J connectivity index is 2.29. The van der Waals surface area contributed by atoms with Gasteiger partial charge < -0.3 is 14.8 Å². The molecule has 1 atom stereocenters. The summed E-state index contributed by atoms with van der Waals surface area (Å²) in [6.07, 6.45) is 4.24. The third kappa shape index (κ3) is 5.04. The highest BCUT2D eigenvalue weighted by atomic mass is 16.5. The summed E-state index contributed by atoms with van der Waals surface area (Å²) in [5.41, 5.74) is -0.617. The first-order valence-electron chi connectivity index (χ1n) is 6.53. The van der Waals surface area contributed by atoms with E-state index in [-0.39, 0.29) is 5.97 Å². The van der Waals surface area contributed by atoms with E-state index in [1.165, 1.54) is 20.0 Å². The minimum Gasteiger partial charge on any atom is -0.468 e. The topological polar surface area (TPSA) is 47.6 Å². The first-order chi connectivity index (χ1) is 8.12. The quantitative estimate of drug-likeness (QED) is 0.495. The van der Waals surface area contributed by atoms with Crippen LogP contribution in [0.3, 0.4) is 0 Å². The second-order valence-electron chi connectivity index (χ2n) is 5.02. The van der Waals surface area contributed by atoms with Crippen molar-refractivity contribution in [3.8, 4) is 0 Å². The van der Waals surface area contributed by atoms with Crippen molar-refractivity contribution in [3.63, 3.8) is 0 Å². The molecule has 1 aliphatic rings. The molecule has 0 aliphatic heterocycles. The van der Waals surface area contributed by atoms with Crippen LogP contribution >= 0.6 is 0 Å². The first kappa shape index (κ1) is 14.5. The molecule has 1 unspecified atom stereocenters. The summed E-state index contributed by atoms with van der Waals surface area (Å²) < 4.78 is 10.4. The van der Waals surface area contributed by atoms with Gasteiger partial charge in [-0.25, -0.2) is 0 Å². The van der Waals surface area contributed by atoms with Gasteiger partial charge in [-0.2, -0.15) is 0 Å². The number of esters is 1. The summed E-state index contributed by atoms with van der Waals surface area (Å²) in [5, 5.41) is 3.25. The second-order valence-corrected chi connectivity index (χ2v) is 5.02. The molecule has 0 bridgehead atoms. The average Bonchev–Trinajstić information content (AvgIpc) is 3.15. The van der Waals surface area contributed by atoms with E-state index in [1.807, 2.05) is 6.92 Å². The fraction of sp³-hybridized carbons (Fsp3) is 0.923. The van der Waals surface area contributed by atoms with Crippen LogP contribution in [0.1, 0.15) is 39.5 Å². The van der Waals surface area contributed by atoms with Crippen LogP contribution in [0.25, 0.3) is 0 Å². The molecule has 0 heterocycles. The minimum atomic E-state index is -0.617. The molecule has 0 spiro atoms. The molecule has 4 heteroatoms. The minimum absolute atomic E-state index is 0.207. The zero-order chi connectivity index (χ0) is 12.7. The van der Waals surface area contributed by atoms with E-state index in [9.17, 15) is 4.79 Å². The predicted molar refractivity (Wildman–Crippen MR) is 66.9 cm³/mol. The van der Waals surface area contributed by atoms with E-state index in [4.69, 9.17) is 9.47 Å². The molecule has 0 amide bonds. The maximum absolute atomic E-state index is 11.7. The Morgan fingerprint density at radius 1 is 1.47 bits per heavy atom. The number of carbonyl (C=O) groups is 1. The van der Waals surface area contributed by atoms with Crippen molar-refractivity contribution in [2.75, 3.05) is 26.9 Å². The number of carbonyl (C=O) groups excluding carboxylic acids is 1. The molecule has 0 radical (unpaired) electrons. The van der Waals surface area contributed by atoms with Gasteiger partial charge in [0.25, 0.3) is 0 Å². The van der Waals surface area contributed by atoms with Crippen molar-refractivity contribution in [3.05, 3.63) is 0 Å². The standard InChI is InChI=1S/C13H25NO3/c1-4-8-14-13(2,12(15)16-3)7-9-17-10-11-5-6-11/h11,14H,4-10H2,1-3H3. The highest BCUT2D eigenvalue weighted by Crippen LogP contribution is 2.28. The van der Waals surface area contributed by atoms with Crippen molar-refractivity contribution in [1.82, 2.24) is 5.32 Å². The SMILES string of the molecule is CCCNC(C)(CCOCC1CC1)C(=O)OC. The third-order valence-corrected chi connectivity index (χ3v) is 3.20. The number of nitrogens with one attached hydrogen (secondary N) is 1. The Morgan fingerprint density at radius 2 is 2.18 bits per heavy atom. The molecular formula is C13H25NO3. The average molecular weight is 243 g/mol. The summed E-state index contributed by atoms with van der Waals surface area (Å²) in [4.78, 5) is 11.7. The maximum Gasteiger partial charge on any atom is 0.325 e. The van der Waals surface area contributed by atoms with E-state index < -0.39 is 5.54 Å². The maximum atomic E-state index is 11.7. The van der Waals surface area contributed by atoms with Crippen LogP contribution in [0.5, 0.6) is 0 Å². The van der Waals surface area contributed by atoms with Gasteiger partial charge in [-0.05, 0) is 45.1 Å². The lowest BCUT2D eigenvalue weighted by Crippen LogP contribution is -2.51. The summed E-state index contributed by atoms with van der Waals surface area (Å²) in [6.45, 7) is 6.22. The molecule has 1 rings (SSSR count). The zero-order valence-corrected chi connectivity index (χ0v) is 11.3. The Labute approximate surface area is 104 Å². The van der Waals surface area contributed by atoms with E-state index in [0.29, 0.717) is 13.0 Å². The summed E-state index contributed by atoms with van der Waals surface area (Å²) in [5.74, 6) is 0.559. The van der Waals surface area contributed by atoms with Gasteiger partial charge in [0, 0.05) is 13.2 Å². The molecule has 17 heavy (non-hydrogen) atoms. The fourth-order valence-electron chi connectivity index (χ4n) is 1.70. The Morgan fingerprint density at radius 3 is 2.71 bits per heavy atom. The van der Waals surface area contributed by atoms with Crippen molar-refractivity contribution >= 4 is 5.97 Å². The smallest absolute Gasteiger partial charge is 0.325 e. The monoisotopic (exact) mass is 243 g/mol. The van der Waals surface area contributed by atoms with Gasteiger partial charge in [-0.3, -0.25) is 4.79 Å². The molecule has 1 N–H and O–H groups in total. The molecule has 0 saturated heterocycles. The fourth-order valence-corrected chi connectivity index (χ4v) is 1.70. The number of methoxy groups -OCH3 is 1. The predicted octanol–water partition coefficient (Wildman–Crippen LogP) is 1.73. The summed E-state index contributed by atoms with van der Waals surface area (Å²) in [6, 6.07) is 0. The molecule has 100 valence electrons. The van der Waals surface area contributed by atoms with Crippen molar-refractivity contribution in [1.29, 1.82) is 0 Å². The van der Waals surface area contributed by atoms with Crippen molar-refractivity contribution in [2.45, 2.75) is 45.1 Å². The first-order valence-corrected chi connectivity index (χ1v) is 6.53. The van der Waals surface area contributed by atoms with Gasteiger partial charge in [0.05, 0.1) is 7.11 Å². The third-order valence-electron chi connectivity index (χ3n) is 3.20. The Hall–Kier alpha value is -0.610. The number of ether oxygens (including phenoxy) is 2. The lowest BCUT2D eigenvalue weighted by atomic mass is 9.98.